The van der Waals surface area contributed by atoms with Crippen molar-refractivity contribution in [2.45, 2.75) is 50.6 Å². The first-order chi connectivity index (χ1) is 23.7. The number of hydrogen-bond acceptors (Lipinski definition) is 8. The van der Waals surface area contributed by atoms with Crippen LogP contribution in [0.1, 0.15) is 44.1 Å². The summed E-state index contributed by atoms with van der Waals surface area (Å²) in [5, 5.41) is 15.6. The van der Waals surface area contributed by atoms with E-state index >= 15 is 4.39 Å². The molecule has 2 unspecified atom stereocenters. The maximum atomic E-state index is 17.1. The van der Waals surface area contributed by atoms with E-state index < -0.39 is 11.6 Å². The third-order valence-electron chi connectivity index (χ3n) is 11.5. The molecule has 4 saturated heterocycles. The average Bonchev–Trinajstić information content (AvgIpc) is 3.77. The number of terminal acetylenes is 1. The smallest absolute Gasteiger partial charge is 0.319 e. The molecule has 5 heterocycles. The summed E-state index contributed by atoms with van der Waals surface area (Å²) in [6, 6.07) is 7.98. The highest BCUT2D eigenvalue weighted by Gasteiger charge is 2.51. The van der Waals surface area contributed by atoms with Crippen molar-refractivity contribution in [1.29, 1.82) is 0 Å². The second-order valence-corrected chi connectivity index (χ2v) is 15.4. The number of benzene rings is 3. The van der Waals surface area contributed by atoms with Gasteiger partial charge in [-0.1, -0.05) is 23.6 Å². The summed E-state index contributed by atoms with van der Waals surface area (Å²) in [7, 11) is 0. The minimum Gasteiger partial charge on any atom is -0.508 e. The lowest BCUT2D eigenvalue weighted by Gasteiger charge is -2.53. The van der Waals surface area contributed by atoms with Gasteiger partial charge >= 0.3 is 6.01 Å². The molecule has 4 aromatic rings. The van der Waals surface area contributed by atoms with Crippen LogP contribution in [0.5, 0.6) is 11.8 Å². The number of phenols is 1. The molecule has 2 N–H and O–H groups in total. The Labute approximate surface area is 288 Å². The van der Waals surface area contributed by atoms with Gasteiger partial charge in [0.25, 0.3) is 0 Å². The van der Waals surface area contributed by atoms with Crippen molar-refractivity contribution in [3.63, 3.8) is 0 Å². The predicted octanol–water partition coefficient (Wildman–Crippen LogP) is 6.28. The standard InChI is InChI=1S/C38H38ClF2N5O3/c1-2-26-30(40)6-3-22-13-25(47)14-27(31(22)26)32-29(39)15-28-34(33(32)41)43-36(44-35(28)46-16-23-4-5-24(17-46)42-23)49-21-38(7-8-38)20-45-18-37(19-45)9-11-48-12-10-37/h1,3,6,13-15,23-24,42,47H,4-5,7-12,16-21H2. The molecule has 254 valence electrons. The quantitative estimate of drug-likeness (QED) is 0.220. The Morgan fingerprint density at radius 1 is 1.06 bits per heavy atom. The van der Waals surface area contributed by atoms with E-state index in [1.54, 1.807) is 6.07 Å². The highest BCUT2D eigenvalue weighted by atomic mass is 35.5. The van der Waals surface area contributed by atoms with Gasteiger partial charge in [-0.15, -0.1) is 6.42 Å². The minimum atomic E-state index is -0.711. The van der Waals surface area contributed by atoms with E-state index in [9.17, 15) is 9.50 Å². The summed E-state index contributed by atoms with van der Waals surface area (Å²) < 4.78 is 44.0. The zero-order valence-corrected chi connectivity index (χ0v) is 28.0. The molecule has 4 aliphatic heterocycles. The molecule has 5 fully saturated rings. The molecule has 2 bridgehead atoms. The largest absolute Gasteiger partial charge is 0.508 e. The first kappa shape index (κ1) is 31.2. The van der Waals surface area contributed by atoms with E-state index in [2.05, 4.69) is 26.0 Å². The molecule has 0 radical (unpaired) electrons. The van der Waals surface area contributed by atoms with Gasteiger partial charge in [-0.3, -0.25) is 0 Å². The zero-order chi connectivity index (χ0) is 33.5. The highest BCUT2D eigenvalue weighted by Crippen LogP contribution is 2.50. The van der Waals surface area contributed by atoms with E-state index in [1.807, 2.05) is 0 Å². The third-order valence-corrected chi connectivity index (χ3v) is 11.8. The number of hydrogen-bond donors (Lipinski definition) is 2. The summed E-state index contributed by atoms with van der Waals surface area (Å²) in [5.41, 5.74) is 0.605. The Morgan fingerprint density at radius 2 is 1.82 bits per heavy atom. The molecule has 1 aromatic heterocycles. The van der Waals surface area contributed by atoms with Gasteiger partial charge in [0.15, 0.2) is 5.82 Å². The molecular weight excluding hydrogens is 648 g/mol. The molecule has 9 rings (SSSR count). The molecule has 5 aliphatic rings. The molecule has 1 saturated carbocycles. The first-order valence-electron chi connectivity index (χ1n) is 17.3. The fourth-order valence-electron chi connectivity index (χ4n) is 8.80. The van der Waals surface area contributed by atoms with Crippen LogP contribution in [-0.4, -0.2) is 84.6 Å². The second-order valence-electron chi connectivity index (χ2n) is 15.0. The number of halogens is 3. The Bertz CT molecular complexity index is 2020. The number of fused-ring (bicyclic) bond motifs is 4. The van der Waals surface area contributed by atoms with Gasteiger partial charge in [0.05, 0.1) is 17.2 Å². The van der Waals surface area contributed by atoms with Gasteiger partial charge < -0.3 is 29.7 Å². The van der Waals surface area contributed by atoms with Gasteiger partial charge in [0, 0.05) is 85.2 Å². The molecule has 0 amide bonds. The van der Waals surface area contributed by atoms with Crippen molar-refractivity contribution < 1.29 is 23.4 Å². The Kier molecular flexibility index (Phi) is 7.44. The first-order valence-corrected chi connectivity index (χ1v) is 17.7. The van der Waals surface area contributed by atoms with Crippen molar-refractivity contribution in [1.82, 2.24) is 20.2 Å². The zero-order valence-electron chi connectivity index (χ0n) is 27.2. The fourth-order valence-corrected chi connectivity index (χ4v) is 9.09. The molecule has 8 nitrogen and oxygen atoms in total. The molecular formula is C38H38ClF2N5O3. The number of anilines is 1. The van der Waals surface area contributed by atoms with E-state index in [-0.39, 0.29) is 49.8 Å². The lowest BCUT2D eigenvalue weighted by Crippen LogP contribution is -2.59. The van der Waals surface area contributed by atoms with Crippen molar-refractivity contribution in [2.24, 2.45) is 10.8 Å². The number of aromatic hydroxyl groups is 1. The summed E-state index contributed by atoms with van der Waals surface area (Å²) in [5.74, 6) is 1.52. The molecule has 1 spiro atoms. The summed E-state index contributed by atoms with van der Waals surface area (Å²) in [6.45, 7) is 6.75. The number of nitrogens with zero attached hydrogens (tertiary/aromatic N) is 4. The Hall–Kier alpha value is -3.75. The second kappa shape index (κ2) is 11.7. The topological polar surface area (TPSA) is 83.0 Å². The van der Waals surface area contributed by atoms with E-state index in [4.69, 9.17) is 32.5 Å². The van der Waals surface area contributed by atoms with E-state index in [0.29, 0.717) is 40.7 Å². The summed E-state index contributed by atoms with van der Waals surface area (Å²) in [6.07, 6.45) is 12.3. The van der Waals surface area contributed by atoms with Gasteiger partial charge in [-0.25, -0.2) is 8.78 Å². The van der Waals surface area contributed by atoms with Crippen molar-refractivity contribution in [2.75, 3.05) is 57.4 Å². The van der Waals surface area contributed by atoms with Crippen LogP contribution in [0.4, 0.5) is 14.6 Å². The molecule has 2 atom stereocenters. The maximum Gasteiger partial charge on any atom is 0.319 e. The number of nitrogens with one attached hydrogen (secondary N) is 1. The van der Waals surface area contributed by atoms with Crippen LogP contribution in [0.25, 0.3) is 32.8 Å². The van der Waals surface area contributed by atoms with Crippen molar-refractivity contribution >= 4 is 39.1 Å². The third kappa shape index (κ3) is 5.46. The van der Waals surface area contributed by atoms with Gasteiger partial charge in [-0.05, 0) is 73.7 Å². The Balaban J connectivity index is 1.10. The van der Waals surface area contributed by atoms with Crippen LogP contribution in [0, 0.1) is 34.8 Å². The van der Waals surface area contributed by atoms with Crippen LogP contribution in [-0.2, 0) is 4.74 Å². The number of likely N-dealkylation sites (tertiary alicyclic amines) is 1. The summed E-state index contributed by atoms with van der Waals surface area (Å²) >= 11 is 6.91. The molecule has 1 aliphatic carbocycles. The van der Waals surface area contributed by atoms with Gasteiger partial charge in [-0.2, -0.15) is 9.97 Å². The SMILES string of the molecule is C#Cc1c(F)ccc2cc(O)cc(-c3c(Cl)cc4c(N5CC6CCC(C5)N6)nc(OCC5(CN6CC7(CCOCC7)C6)CC5)nc4c3F)c12. The number of rotatable bonds is 7. The van der Waals surface area contributed by atoms with Crippen LogP contribution < -0.4 is 15.0 Å². The van der Waals surface area contributed by atoms with Gasteiger partial charge in [0.1, 0.15) is 22.9 Å². The number of aromatic nitrogens is 2. The number of phenolic OH excluding ortho intramolecular Hbond substituents is 1. The van der Waals surface area contributed by atoms with E-state index in [1.165, 1.54) is 24.3 Å². The molecule has 11 heteroatoms. The lowest BCUT2D eigenvalue weighted by atomic mass is 9.73. The fraction of sp³-hybridized carbons (Fsp3) is 0.474. The van der Waals surface area contributed by atoms with Crippen LogP contribution >= 0.6 is 11.6 Å². The summed E-state index contributed by atoms with van der Waals surface area (Å²) in [4.78, 5) is 14.3. The van der Waals surface area contributed by atoms with Crippen LogP contribution in [0.2, 0.25) is 5.02 Å². The number of piperazine rings is 1. The number of ether oxygens (including phenoxy) is 2. The predicted molar refractivity (Wildman–Crippen MR) is 185 cm³/mol. The Morgan fingerprint density at radius 3 is 2.53 bits per heavy atom. The minimum absolute atomic E-state index is 0.0216. The van der Waals surface area contributed by atoms with Crippen molar-refractivity contribution in [3.8, 4) is 35.2 Å². The highest BCUT2D eigenvalue weighted by molar-refractivity contribution is 6.35. The average molecular weight is 686 g/mol. The molecule has 49 heavy (non-hydrogen) atoms. The lowest BCUT2D eigenvalue weighted by molar-refractivity contribution is -0.0884. The van der Waals surface area contributed by atoms with Crippen LogP contribution in [0.3, 0.4) is 0 Å². The van der Waals surface area contributed by atoms with Gasteiger partial charge in [0.2, 0.25) is 0 Å². The molecule has 3 aromatic carbocycles. The van der Waals surface area contributed by atoms with E-state index in [0.717, 1.165) is 84.5 Å². The maximum absolute atomic E-state index is 17.1. The normalized spacial score (nSPS) is 23.9. The van der Waals surface area contributed by atoms with Crippen LogP contribution in [0.15, 0.2) is 30.3 Å². The van der Waals surface area contributed by atoms with Crippen molar-refractivity contribution in [3.05, 3.63) is 52.6 Å². The monoisotopic (exact) mass is 685 g/mol.